The molecule has 2 aromatic rings. The highest BCUT2D eigenvalue weighted by molar-refractivity contribution is 6.12. The molecule has 0 N–H and O–H groups in total. The van der Waals surface area contributed by atoms with Crippen LogP contribution in [0.2, 0.25) is 0 Å². The third-order valence-electron chi connectivity index (χ3n) is 3.21. The van der Waals surface area contributed by atoms with Gasteiger partial charge in [0.2, 0.25) is 0 Å². The number of ether oxygens (including phenoxy) is 2. The number of carbonyl (C=O) groups excluding carboxylic acids is 1. The van der Waals surface area contributed by atoms with E-state index in [0.29, 0.717) is 35.8 Å². The van der Waals surface area contributed by atoms with Crippen LogP contribution in [0.1, 0.15) is 29.8 Å². The Morgan fingerprint density at radius 1 is 0.792 bits per heavy atom. The van der Waals surface area contributed by atoms with Gasteiger partial charge in [-0.25, -0.2) is 0 Å². The van der Waals surface area contributed by atoms with E-state index in [4.69, 9.17) is 9.47 Å². The van der Waals surface area contributed by atoms with E-state index in [9.17, 15) is 4.79 Å². The van der Waals surface area contributed by atoms with Crippen LogP contribution in [0.3, 0.4) is 0 Å². The Balaban J connectivity index is 2.32. The van der Waals surface area contributed by atoms with Gasteiger partial charge in [0.15, 0.2) is 5.78 Å². The summed E-state index contributed by atoms with van der Waals surface area (Å²) in [4.78, 5) is 13.0. The molecule has 0 heterocycles. The summed E-state index contributed by atoms with van der Waals surface area (Å²) in [7, 11) is 0. The van der Waals surface area contributed by atoms with Crippen molar-refractivity contribution in [2.45, 2.75) is 13.8 Å². The molecule has 0 bridgehead atoms. The van der Waals surface area contributed by atoms with Crippen molar-refractivity contribution in [3.8, 4) is 11.5 Å². The molecule has 0 fully saturated rings. The SMILES string of the molecule is C=C(C)COc1ccccc1C(=O)c1ccccc1OCC(=C)C. The smallest absolute Gasteiger partial charge is 0.200 e. The average Bonchev–Trinajstić information content (AvgIpc) is 2.58. The third kappa shape index (κ3) is 4.59. The fraction of sp³-hybridized carbons (Fsp3) is 0.190. The van der Waals surface area contributed by atoms with E-state index in [-0.39, 0.29) is 5.78 Å². The molecule has 0 saturated heterocycles. The summed E-state index contributed by atoms with van der Waals surface area (Å²) in [5, 5.41) is 0. The molecule has 2 aromatic carbocycles. The van der Waals surface area contributed by atoms with E-state index in [0.717, 1.165) is 11.1 Å². The molecule has 0 aliphatic heterocycles. The molecule has 2 rings (SSSR count). The molecule has 124 valence electrons. The highest BCUT2D eigenvalue weighted by Crippen LogP contribution is 2.27. The van der Waals surface area contributed by atoms with Crippen molar-refractivity contribution < 1.29 is 14.3 Å². The molecule has 0 aliphatic carbocycles. The monoisotopic (exact) mass is 322 g/mol. The summed E-state index contributed by atoms with van der Waals surface area (Å²) in [5.41, 5.74) is 2.79. The predicted octanol–water partition coefficient (Wildman–Crippen LogP) is 4.83. The van der Waals surface area contributed by atoms with E-state index in [1.807, 2.05) is 38.1 Å². The van der Waals surface area contributed by atoms with E-state index in [1.165, 1.54) is 0 Å². The van der Waals surface area contributed by atoms with Crippen LogP contribution in [0.15, 0.2) is 72.8 Å². The largest absolute Gasteiger partial charge is 0.489 e. The molecular weight excluding hydrogens is 300 g/mol. The first-order valence-electron chi connectivity index (χ1n) is 7.76. The van der Waals surface area contributed by atoms with Crippen molar-refractivity contribution in [2.24, 2.45) is 0 Å². The lowest BCUT2D eigenvalue weighted by molar-refractivity contribution is 0.103. The molecule has 0 unspecified atom stereocenters. The molecular formula is C21H22O3. The van der Waals surface area contributed by atoms with Gasteiger partial charge in [-0.15, -0.1) is 0 Å². The summed E-state index contributed by atoms with van der Waals surface area (Å²) in [6.07, 6.45) is 0. The zero-order valence-electron chi connectivity index (χ0n) is 14.2. The van der Waals surface area contributed by atoms with Crippen LogP contribution in [0, 0.1) is 0 Å². The Bertz CT molecular complexity index is 696. The molecule has 0 spiro atoms. The van der Waals surface area contributed by atoms with Crippen LogP contribution in [0.5, 0.6) is 11.5 Å². The van der Waals surface area contributed by atoms with Gasteiger partial charge in [-0.3, -0.25) is 4.79 Å². The number of hydrogen-bond acceptors (Lipinski definition) is 3. The zero-order chi connectivity index (χ0) is 17.5. The van der Waals surface area contributed by atoms with Crippen molar-refractivity contribution in [2.75, 3.05) is 13.2 Å². The minimum Gasteiger partial charge on any atom is -0.489 e. The van der Waals surface area contributed by atoms with E-state index < -0.39 is 0 Å². The quantitative estimate of drug-likeness (QED) is 0.516. The van der Waals surface area contributed by atoms with Crippen LogP contribution < -0.4 is 9.47 Å². The highest BCUT2D eigenvalue weighted by Gasteiger charge is 2.18. The van der Waals surface area contributed by atoms with Crippen LogP contribution in [-0.2, 0) is 0 Å². The third-order valence-corrected chi connectivity index (χ3v) is 3.21. The topological polar surface area (TPSA) is 35.5 Å². The Labute approximate surface area is 143 Å². The van der Waals surface area contributed by atoms with Crippen molar-refractivity contribution in [3.05, 3.63) is 84.0 Å². The minimum atomic E-state index is -0.135. The molecule has 0 aromatic heterocycles. The van der Waals surface area contributed by atoms with Gasteiger partial charge in [0.1, 0.15) is 24.7 Å². The van der Waals surface area contributed by atoms with Gasteiger partial charge in [-0.2, -0.15) is 0 Å². The molecule has 0 atom stereocenters. The fourth-order valence-corrected chi connectivity index (χ4v) is 2.11. The summed E-state index contributed by atoms with van der Waals surface area (Å²) in [6, 6.07) is 14.4. The lowest BCUT2D eigenvalue weighted by Crippen LogP contribution is -2.09. The average molecular weight is 322 g/mol. The standard InChI is InChI=1S/C21H22O3/c1-15(2)13-23-19-11-7-5-9-17(19)21(22)18-10-6-8-12-20(18)24-14-16(3)4/h5-12H,1,3,13-14H2,2,4H3. The predicted molar refractivity (Wildman–Crippen MR) is 96.9 cm³/mol. The van der Waals surface area contributed by atoms with Gasteiger partial charge in [0.05, 0.1) is 11.1 Å². The second-order valence-corrected chi connectivity index (χ2v) is 5.81. The minimum absolute atomic E-state index is 0.135. The maximum Gasteiger partial charge on any atom is 0.200 e. The maximum absolute atomic E-state index is 13.0. The first-order valence-corrected chi connectivity index (χ1v) is 7.76. The molecule has 3 nitrogen and oxygen atoms in total. The van der Waals surface area contributed by atoms with Crippen molar-refractivity contribution in [1.82, 2.24) is 0 Å². The maximum atomic E-state index is 13.0. The Hall–Kier alpha value is -2.81. The van der Waals surface area contributed by atoms with E-state index in [2.05, 4.69) is 13.2 Å². The van der Waals surface area contributed by atoms with E-state index >= 15 is 0 Å². The van der Waals surface area contributed by atoms with Crippen molar-refractivity contribution in [3.63, 3.8) is 0 Å². The summed E-state index contributed by atoms with van der Waals surface area (Å²) < 4.78 is 11.4. The zero-order valence-corrected chi connectivity index (χ0v) is 14.2. The highest BCUT2D eigenvalue weighted by atomic mass is 16.5. The molecule has 3 heteroatoms. The van der Waals surface area contributed by atoms with Gasteiger partial charge in [-0.1, -0.05) is 37.4 Å². The second-order valence-electron chi connectivity index (χ2n) is 5.81. The Morgan fingerprint density at radius 2 is 1.17 bits per heavy atom. The van der Waals surface area contributed by atoms with Crippen LogP contribution in [0.4, 0.5) is 0 Å². The summed E-state index contributed by atoms with van der Waals surface area (Å²) in [6.45, 7) is 12.1. The first kappa shape index (κ1) is 17.5. The van der Waals surface area contributed by atoms with Gasteiger partial charge >= 0.3 is 0 Å². The number of rotatable bonds is 8. The Morgan fingerprint density at radius 3 is 1.54 bits per heavy atom. The number of benzene rings is 2. The summed E-state index contributed by atoms with van der Waals surface area (Å²) in [5.74, 6) is 0.949. The molecule has 24 heavy (non-hydrogen) atoms. The number of carbonyl (C=O) groups is 1. The van der Waals surface area contributed by atoms with Crippen LogP contribution in [-0.4, -0.2) is 19.0 Å². The van der Waals surface area contributed by atoms with Crippen molar-refractivity contribution >= 4 is 5.78 Å². The van der Waals surface area contributed by atoms with Crippen LogP contribution >= 0.6 is 0 Å². The van der Waals surface area contributed by atoms with E-state index in [1.54, 1.807) is 24.3 Å². The van der Waals surface area contributed by atoms with Gasteiger partial charge in [-0.05, 0) is 49.3 Å². The number of ketones is 1. The molecule has 0 aliphatic rings. The first-order chi connectivity index (χ1) is 11.5. The summed E-state index contributed by atoms with van der Waals surface area (Å²) >= 11 is 0. The van der Waals surface area contributed by atoms with Gasteiger partial charge in [0, 0.05) is 0 Å². The molecule has 0 saturated carbocycles. The second kappa shape index (κ2) is 8.16. The lowest BCUT2D eigenvalue weighted by atomic mass is 10.0. The Kier molecular flexibility index (Phi) is 5.96. The molecule has 0 amide bonds. The molecule has 0 radical (unpaired) electrons. The fourth-order valence-electron chi connectivity index (χ4n) is 2.11. The van der Waals surface area contributed by atoms with Gasteiger partial charge in [0.25, 0.3) is 0 Å². The van der Waals surface area contributed by atoms with Crippen molar-refractivity contribution in [1.29, 1.82) is 0 Å². The number of hydrogen-bond donors (Lipinski definition) is 0. The lowest BCUT2D eigenvalue weighted by Gasteiger charge is -2.13. The van der Waals surface area contributed by atoms with Crippen LogP contribution in [0.25, 0.3) is 0 Å². The van der Waals surface area contributed by atoms with Gasteiger partial charge < -0.3 is 9.47 Å². The number of para-hydroxylation sites is 2. The normalized spacial score (nSPS) is 10.1.